The second-order valence-electron chi connectivity index (χ2n) is 11.2. The van der Waals surface area contributed by atoms with E-state index in [1.807, 2.05) is 0 Å². The topological polar surface area (TPSA) is 108 Å². The smallest absolute Gasteiger partial charge is 0.292 e. The van der Waals surface area contributed by atoms with Crippen molar-refractivity contribution >= 4 is 35.0 Å². The van der Waals surface area contributed by atoms with Gasteiger partial charge in [0, 0.05) is 11.8 Å². The number of carbonyl (C=O) groups excluding carboxylic acids is 4. The predicted octanol–water partition coefficient (Wildman–Crippen LogP) is 1.24. The number of nitrogens with two attached hydrogens (primary N) is 2. The summed E-state index contributed by atoms with van der Waals surface area (Å²) >= 11 is 0. The van der Waals surface area contributed by atoms with Crippen molar-refractivity contribution in [2.75, 3.05) is 22.9 Å². The first-order valence-electron chi connectivity index (χ1n) is 14.0. The molecular weight excluding hydrogens is 456 g/mol. The SMILES string of the molecule is O=C1C[C@@H]([NH2+]CC2CCCCC2)C(=O)N1c1ccc(N2C(=O)C[C@@H]([NH2+]CC3CCCCC3)C2=O)cc1. The number of amides is 4. The van der Waals surface area contributed by atoms with Crippen LogP contribution in [0.25, 0.3) is 0 Å². The van der Waals surface area contributed by atoms with E-state index in [4.69, 9.17) is 0 Å². The standard InChI is InChI=1S/C28H38N4O4/c33-25-15-23(29-17-19-7-3-1-4-8-19)27(35)31(25)21-11-13-22(14-12-21)32-26(34)16-24(28(32)36)30-18-20-9-5-2-6-10-20/h11-14,19-20,23-24,29-30H,1-10,15-18H2/p+2/t23-,24-/m1/s1. The minimum absolute atomic E-state index is 0.172. The number of rotatable bonds is 8. The molecule has 5 rings (SSSR count). The third-order valence-corrected chi connectivity index (χ3v) is 8.69. The van der Waals surface area contributed by atoms with Gasteiger partial charge in [-0.1, -0.05) is 38.5 Å². The largest absolute Gasteiger partial charge is 0.335 e. The summed E-state index contributed by atoms with van der Waals surface area (Å²) < 4.78 is 0. The van der Waals surface area contributed by atoms with Crippen LogP contribution in [0.1, 0.15) is 77.0 Å². The molecule has 2 aliphatic heterocycles. The van der Waals surface area contributed by atoms with Gasteiger partial charge in [-0.3, -0.25) is 19.2 Å². The van der Waals surface area contributed by atoms with Gasteiger partial charge in [-0.2, -0.15) is 0 Å². The zero-order chi connectivity index (χ0) is 25.1. The fourth-order valence-corrected chi connectivity index (χ4v) is 6.53. The van der Waals surface area contributed by atoms with E-state index in [1.165, 1.54) is 74.0 Å². The van der Waals surface area contributed by atoms with Crippen molar-refractivity contribution < 1.29 is 29.8 Å². The predicted molar refractivity (Wildman–Crippen MR) is 135 cm³/mol. The average molecular weight is 497 g/mol. The van der Waals surface area contributed by atoms with Gasteiger partial charge in [-0.25, -0.2) is 9.80 Å². The molecule has 0 spiro atoms. The van der Waals surface area contributed by atoms with E-state index < -0.39 is 0 Å². The monoisotopic (exact) mass is 496 g/mol. The molecular formula is C28H40N4O4+2. The maximum atomic E-state index is 13.0. The van der Waals surface area contributed by atoms with Gasteiger partial charge in [-0.05, 0) is 49.9 Å². The van der Waals surface area contributed by atoms with Crippen molar-refractivity contribution in [2.45, 2.75) is 89.1 Å². The zero-order valence-electron chi connectivity index (χ0n) is 21.2. The summed E-state index contributed by atoms with van der Waals surface area (Å²) in [7, 11) is 0. The van der Waals surface area contributed by atoms with E-state index in [2.05, 4.69) is 10.6 Å². The lowest BCUT2D eigenvalue weighted by Crippen LogP contribution is -2.92. The molecule has 2 saturated carbocycles. The summed E-state index contributed by atoms with van der Waals surface area (Å²) in [6.45, 7) is 1.79. The van der Waals surface area contributed by atoms with Crippen molar-refractivity contribution in [3.8, 4) is 0 Å². The maximum Gasteiger partial charge on any atom is 0.292 e. The highest BCUT2D eigenvalue weighted by Gasteiger charge is 2.44. The molecule has 1 aromatic rings. The minimum atomic E-state index is -0.360. The summed E-state index contributed by atoms with van der Waals surface area (Å²) in [6, 6.07) is 5.98. The summed E-state index contributed by atoms with van der Waals surface area (Å²) in [5.41, 5.74) is 1.00. The van der Waals surface area contributed by atoms with Crippen LogP contribution < -0.4 is 20.4 Å². The average Bonchev–Trinajstić information content (AvgIpc) is 3.35. The van der Waals surface area contributed by atoms with Gasteiger partial charge < -0.3 is 10.6 Å². The van der Waals surface area contributed by atoms with Crippen LogP contribution in [0, 0.1) is 11.8 Å². The van der Waals surface area contributed by atoms with Crippen molar-refractivity contribution in [1.82, 2.24) is 0 Å². The molecule has 194 valence electrons. The van der Waals surface area contributed by atoms with Gasteiger partial charge in [0.15, 0.2) is 12.1 Å². The van der Waals surface area contributed by atoms with E-state index >= 15 is 0 Å². The van der Waals surface area contributed by atoms with Gasteiger partial charge in [0.05, 0.1) is 37.3 Å². The molecule has 8 nitrogen and oxygen atoms in total. The quantitative estimate of drug-likeness (QED) is 0.528. The highest BCUT2D eigenvalue weighted by atomic mass is 16.2. The number of nitrogens with zero attached hydrogens (tertiary/aromatic N) is 2. The van der Waals surface area contributed by atoms with E-state index in [-0.39, 0.29) is 48.6 Å². The van der Waals surface area contributed by atoms with E-state index in [0.717, 1.165) is 13.1 Å². The Labute approximate surface area is 213 Å². The van der Waals surface area contributed by atoms with Crippen molar-refractivity contribution in [3.05, 3.63) is 24.3 Å². The third-order valence-electron chi connectivity index (χ3n) is 8.69. The summed E-state index contributed by atoms with van der Waals surface area (Å²) in [5, 5.41) is 4.10. The normalized spacial score (nSPS) is 26.4. The first kappa shape index (κ1) is 25.1. The van der Waals surface area contributed by atoms with Gasteiger partial charge in [0.2, 0.25) is 11.8 Å². The molecule has 2 atom stereocenters. The molecule has 2 saturated heterocycles. The number of benzene rings is 1. The third kappa shape index (κ3) is 5.39. The van der Waals surface area contributed by atoms with Crippen LogP contribution in [0.5, 0.6) is 0 Å². The lowest BCUT2D eigenvalue weighted by Gasteiger charge is -2.21. The molecule has 0 unspecified atom stereocenters. The Morgan fingerprint density at radius 2 is 0.944 bits per heavy atom. The highest BCUT2D eigenvalue weighted by Crippen LogP contribution is 2.28. The van der Waals surface area contributed by atoms with Crippen LogP contribution >= 0.6 is 0 Å². The van der Waals surface area contributed by atoms with E-state index in [1.54, 1.807) is 24.3 Å². The molecule has 2 aliphatic carbocycles. The van der Waals surface area contributed by atoms with Gasteiger partial charge in [-0.15, -0.1) is 0 Å². The lowest BCUT2D eigenvalue weighted by atomic mass is 9.89. The second-order valence-corrected chi connectivity index (χ2v) is 11.2. The van der Waals surface area contributed by atoms with Gasteiger partial charge >= 0.3 is 0 Å². The molecule has 4 aliphatic rings. The number of carbonyl (C=O) groups is 4. The van der Waals surface area contributed by atoms with E-state index in [9.17, 15) is 19.2 Å². The van der Waals surface area contributed by atoms with Crippen molar-refractivity contribution in [3.63, 3.8) is 0 Å². The molecule has 2 heterocycles. The first-order valence-corrected chi connectivity index (χ1v) is 14.0. The van der Waals surface area contributed by atoms with Crippen LogP contribution in [0.3, 0.4) is 0 Å². The molecule has 0 radical (unpaired) electrons. The Morgan fingerprint density at radius 3 is 1.31 bits per heavy atom. The zero-order valence-corrected chi connectivity index (χ0v) is 21.2. The molecule has 36 heavy (non-hydrogen) atoms. The molecule has 1 aromatic carbocycles. The summed E-state index contributed by atoms with van der Waals surface area (Å²) in [4.78, 5) is 54.0. The Hall–Kier alpha value is -2.58. The van der Waals surface area contributed by atoms with Crippen molar-refractivity contribution in [1.29, 1.82) is 0 Å². The summed E-state index contributed by atoms with van der Waals surface area (Å²) in [6.07, 6.45) is 12.9. The molecule has 0 aromatic heterocycles. The Bertz CT molecular complexity index is 903. The Balaban J connectivity index is 1.18. The fraction of sp³-hybridized carbons (Fsp3) is 0.643. The van der Waals surface area contributed by atoms with E-state index in [0.29, 0.717) is 23.2 Å². The van der Waals surface area contributed by atoms with Crippen molar-refractivity contribution in [2.24, 2.45) is 11.8 Å². The minimum Gasteiger partial charge on any atom is -0.335 e. The molecule has 8 heteroatoms. The molecule has 4 fully saturated rings. The van der Waals surface area contributed by atoms with Crippen LogP contribution in [0.2, 0.25) is 0 Å². The van der Waals surface area contributed by atoms with Crippen LogP contribution in [-0.2, 0) is 19.2 Å². The fourth-order valence-electron chi connectivity index (χ4n) is 6.53. The Morgan fingerprint density at radius 1 is 0.583 bits per heavy atom. The second kappa shape index (κ2) is 11.2. The lowest BCUT2D eigenvalue weighted by molar-refractivity contribution is -0.680. The number of quaternary nitrogens is 2. The van der Waals surface area contributed by atoms with Gasteiger partial charge in [0.25, 0.3) is 11.8 Å². The van der Waals surface area contributed by atoms with Crippen LogP contribution in [0.4, 0.5) is 11.4 Å². The number of hydrogen-bond donors (Lipinski definition) is 2. The maximum absolute atomic E-state index is 13.0. The molecule has 4 N–H and O–H groups in total. The highest BCUT2D eigenvalue weighted by molar-refractivity contribution is 6.23. The molecule has 4 amide bonds. The first-order chi connectivity index (χ1) is 17.5. The Kier molecular flexibility index (Phi) is 7.82. The number of imide groups is 2. The van der Waals surface area contributed by atoms with Crippen LogP contribution in [-0.4, -0.2) is 48.8 Å². The summed E-state index contributed by atoms with van der Waals surface area (Å²) in [5.74, 6) is 0.540. The molecule has 0 bridgehead atoms. The van der Waals surface area contributed by atoms with Gasteiger partial charge in [0.1, 0.15) is 0 Å². The van der Waals surface area contributed by atoms with Crippen LogP contribution in [0.15, 0.2) is 24.3 Å². The number of hydrogen-bond acceptors (Lipinski definition) is 4. The number of anilines is 2.